The van der Waals surface area contributed by atoms with E-state index in [1.54, 1.807) is 4.68 Å². The normalized spacial score (nSPS) is 10.6. The zero-order chi connectivity index (χ0) is 14.9. The molecule has 0 aliphatic heterocycles. The summed E-state index contributed by atoms with van der Waals surface area (Å²) in [6.07, 6.45) is 0. The highest BCUT2D eigenvalue weighted by Crippen LogP contribution is 2.27. The molecule has 7 heteroatoms. The van der Waals surface area contributed by atoms with Gasteiger partial charge in [-0.3, -0.25) is 14.8 Å². The van der Waals surface area contributed by atoms with Gasteiger partial charge in [0.1, 0.15) is 0 Å². The van der Waals surface area contributed by atoms with E-state index < -0.39 is 4.92 Å². The smallest absolute Gasteiger partial charge is 0.271 e. The van der Waals surface area contributed by atoms with Gasteiger partial charge >= 0.3 is 0 Å². The van der Waals surface area contributed by atoms with Crippen molar-refractivity contribution in [3.8, 4) is 0 Å². The third kappa shape index (κ3) is 2.75. The van der Waals surface area contributed by atoms with E-state index in [0.717, 1.165) is 17.0 Å². The number of nitro benzene ring substituents is 1. The second-order valence-corrected chi connectivity index (χ2v) is 4.95. The highest BCUT2D eigenvalue weighted by atomic mass is 35.5. The number of rotatable bonds is 4. The predicted octanol–water partition coefficient (Wildman–Crippen LogP) is 3.21. The molecule has 0 radical (unpaired) electrons. The molecular weight excluding hydrogens is 280 g/mol. The van der Waals surface area contributed by atoms with Gasteiger partial charge in [-0.05, 0) is 19.9 Å². The summed E-state index contributed by atoms with van der Waals surface area (Å²) in [6, 6.07) is 4.34. The average Bonchev–Trinajstić information content (AvgIpc) is 2.63. The lowest BCUT2D eigenvalue weighted by atomic mass is 10.2. The number of nitrogens with one attached hydrogen (secondary N) is 1. The molecule has 1 N–H and O–H groups in total. The van der Waals surface area contributed by atoms with Crippen molar-refractivity contribution in [2.45, 2.75) is 20.4 Å². The fourth-order valence-electron chi connectivity index (χ4n) is 2.02. The topological polar surface area (TPSA) is 73.0 Å². The van der Waals surface area contributed by atoms with Gasteiger partial charge in [0.25, 0.3) is 5.69 Å². The summed E-state index contributed by atoms with van der Waals surface area (Å²) in [5.74, 6) is 0. The van der Waals surface area contributed by atoms with Crippen LogP contribution in [0.1, 0.15) is 17.0 Å². The number of non-ortho nitro benzene ring substituents is 1. The largest absolute Gasteiger partial charge is 0.379 e. The Morgan fingerprint density at radius 2 is 2.15 bits per heavy atom. The second kappa shape index (κ2) is 5.50. The molecule has 0 unspecified atom stereocenters. The van der Waals surface area contributed by atoms with Crippen LogP contribution in [0.2, 0.25) is 5.02 Å². The van der Waals surface area contributed by atoms with Crippen LogP contribution in [0, 0.1) is 24.0 Å². The number of anilines is 1. The van der Waals surface area contributed by atoms with Crippen LogP contribution in [0.25, 0.3) is 0 Å². The van der Waals surface area contributed by atoms with Crippen molar-refractivity contribution in [2.24, 2.45) is 7.05 Å². The maximum atomic E-state index is 10.8. The number of hydrogen-bond donors (Lipinski definition) is 1. The Hall–Kier alpha value is -2.08. The fourth-order valence-corrected chi connectivity index (χ4v) is 2.20. The third-order valence-electron chi connectivity index (χ3n) is 3.28. The van der Waals surface area contributed by atoms with Crippen LogP contribution < -0.4 is 5.32 Å². The van der Waals surface area contributed by atoms with E-state index in [0.29, 0.717) is 17.3 Å². The van der Waals surface area contributed by atoms with E-state index in [1.165, 1.54) is 18.2 Å². The van der Waals surface area contributed by atoms with E-state index in [9.17, 15) is 10.1 Å². The van der Waals surface area contributed by atoms with Gasteiger partial charge in [0.05, 0.1) is 21.3 Å². The highest BCUT2D eigenvalue weighted by molar-refractivity contribution is 6.33. The Labute approximate surface area is 121 Å². The molecule has 0 saturated carbocycles. The Morgan fingerprint density at radius 1 is 1.45 bits per heavy atom. The Morgan fingerprint density at radius 3 is 2.70 bits per heavy atom. The monoisotopic (exact) mass is 294 g/mol. The van der Waals surface area contributed by atoms with E-state index >= 15 is 0 Å². The zero-order valence-electron chi connectivity index (χ0n) is 11.5. The van der Waals surface area contributed by atoms with Gasteiger partial charge in [0.15, 0.2) is 0 Å². The third-order valence-corrected chi connectivity index (χ3v) is 3.60. The molecule has 2 rings (SSSR count). The molecule has 0 aliphatic rings. The van der Waals surface area contributed by atoms with E-state index in [2.05, 4.69) is 10.4 Å². The zero-order valence-corrected chi connectivity index (χ0v) is 12.2. The van der Waals surface area contributed by atoms with Crippen molar-refractivity contribution >= 4 is 23.0 Å². The molecule has 1 aromatic heterocycles. The van der Waals surface area contributed by atoms with Gasteiger partial charge < -0.3 is 5.32 Å². The van der Waals surface area contributed by atoms with Gasteiger partial charge in [-0.25, -0.2) is 0 Å². The summed E-state index contributed by atoms with van der Waals surface area (Å²) in [7, 11) is 1.88. The Kier molecular flexibility index (Phi) is 3.94. The number of benzene rings is 1. The molecule has 0 spiro atoms. The first-order valence-corrected chi connectivity index (χ1v) is 6.45. The van der Waals surface area contributed by atoms with Crippen molar-refractivity contribution in [3.05, 3.63) is 50.3 Å². The summed E-state index contributed by atoms with van der Waals surface area (Å²) in [6.45, 7) is 4.43. The van der Waals surface area contributed by atoms with Crippen LogP contribution in [-0.4, -0.2) is 14.7 Å². The van der Waals surface area contributed by atoms with E-state index in [1.807, 2.05) is 20.9 Å². The first-order valence-electron chi connectivity index (χ1n) is 6.07. The van der Waals surface area contributed by atoms with Crippen LogP contribution >= 0.6 is 11.6 Å². The molecule has 0 aliphatic carbocycles. The summed E-state index contributed by atoms with van der Waals surface area (Å²) in [5, 5.41) is 18.7. The van der Waals surface area contributed by atoms with Crippen molar-refractivity contribution in [3.63, 3.8) is 0 Å². The summed E-state index contributed by atoms with van der Waals surface area (Å²) < 4.78 is 1.81. The predicted molar refractivity (Wildman–Crippen MR) is 78.1 cm³/mol. The maximum absolute atomic E-state index is 10.8. The molecule has 6 nitrogen and oxygen atoms in total. The molecular formula is C13H15ClN4O2. The van der Waals surface area contributed by atoms with Crippen LogP contribution in [0.15, 0.2) is 18.2 Å². The number of nitro groups is 1. The summed E-state index contributed by atoms with van der Waals surface area (Å²) in [5.41, 5.74) is 3.60. The highest BCUT2D eigenvalue weighted by Gasteiger charge is 2.12. The standard InChI is InChI=1S/C13H15ClN4O2/c1-8-11(9(2)17(3)16-8)7-15-13-6-10(18(19)20)4-5-12(13)14/h4-6,15H,7H2,1-3H3. The molecule has 0 fully saturated rings. The summed E-state index contributed by atoms with van der Waals surface area (Å²) in [4.78, 5) is 10.3. The van der Waals surface area contributed by atoms with Gasteiger partial charge in [0, 0.05) is 37.0 Å². The first kappa shape index (κ1) is 14.3. The second-order valence-electron chi connectivity index (χ2n) is 4.55. The Balaban J connectivity index is 2.22. The van der Waals surface area contributed by atoms with Crippen molar-refractivity contribution in [2.75, 3.05) is 5.32 Å². The molecule has 0 amide bonds. The van der Waals surface area contributed by atoms with Gasteiger partial charge in [0.2, 0.25) is 0 Å². The molecule has 106 valence electrons. The van der Waals surface area contributed by atoms with Gasteiger partial charge in [-0.2, -0.15) is 5.10 Å². The van der Waals surface area contributed by atoms with Crippen molar-refractivity contribution < 1.29 is 4.92 Å². The Bertz CT molecular complexity index is 667. The number of aromatic nitrogens is 2. The first-order chi connectivity index (χ1) is 9.40. The van der Waals surface area contributed by atoms with Crippen LogP contribution in [-0.2, 0) is 13.6 Å². The SMILES string of the molecule is Cc1nn(C)c(C)c1CNc1cc([N+](=O)[O-])ccc1Cl. The number of aryl methyl sites for hydroxylation is 2. The van der Waals surface area contributed by atoms with Gasteiger partial charge in [-0.15, -0.1) is 0 Å². The van der Waals surface area contributed by atoms with Crippen molar-refractivity contribution in [1.82, 2.24) is 9.78 Å². The number of hydrogen-bond acceptors (Lipinski definition) is 4. The molecule has 0 saturated heterocycles. The molecule has 20 heavy (non-hydrogen) atoms. The van der Waals surface area contributed by atoms with Crippen LogP contribution in [0.3, 0.4) is 0 Å². The van der Waals surface area contributed by atoms with Gasteiger partial charge in [-0.1, -0.05) is 11.6 Å². The lowest BCUT2D eigenvalue weighted by Crippen LogP contribution is -2.03. The minimum atomic E-state index is -0.442. The molecule has 0 bridgehead atoms. The molecule has 1 aromatic carbocycles. The van der Waals surface area contributed by atoms with E-state index in [4.69, 9.17) is 11.6 Å². The lowest BCUT2D eigenvalue weighted by Gasteiger charge is -2.08. The van der Waals surface area contributed by atoms with Crippen LogP contribution in [0.5, 0.6) is 0 Å². The quantitative estimate of drug-likeness (QED) is 0.694. The minimum absolute atomic E-state index is 0.0107. The fraction of sp³-hybridized carbons (Fsp3) is 0.308. The summed E-state index contributed by atoms with van der Waals surface area (Å²) >= 11 is 6.05. The average molecular weight is 295 g/mol. The van der Waals surface area contributed by atoms with E-state index in [-0.39, 0.29) is 5.69 Å². The molecule has 1 heterocycles. The lowest BCUT2D eigenvalue weighted by molar-refractivity contribution is -0.384. The molecule has 0 atom stereocenters. The molecule has 2 aromatic rings. The maximum Gasteiger partial charge on any atom is 0.271 e. The minimum Gasteiger partial charge on any atom is -0.379 e. The number of nitrogens with zero attached hydrogens (tertiary/aromatic N) is 3. The van der Waals surface area contributed by atoms with Crippen molar-refractivity contribution in [1.29, 1.82) is 0 Å². The number of halogens is 1. The van der Waals surface area contributed by atoms with Crippen LogP contribution in [0.4, 0.5) is 11.4 Å².